The molecule has 1 atom stereocenters. The van der Waals surface area contributed by atoms with Crippen LogP contribution in [0.5, 0.6) is 5.75 Å². The van der Waals surface area contributed by atoms with E-state index < -0.39 is 0 Å². The Morgan fingerprint density at radius 1 is 1.38 bits per heavy atom. The molecule has 1 heterocycles. The standard InChI is InChI=1S/C14H21NO/c1-9(2)10-5-6-13-11(7-10)12(15)8-14(3,4)16-13/h5-7,9,12H,8,15H2,1-4H3/t12-/m1/s1. The third-order valence-electron chi connectivity index (χ3n) is 3.20. The molecule has 1 aliphatic heterocycles. The number of ether oxygens (including phenoxy) is 1. The summed E-state index contributed by atoms with van der Waals surface area (Å²) in [5.41, 5.74) is 8.55. The lowest BCUT2D eigenvalue weighted by Crippen LogP contribution is -2.37. The highest BCUT2D eigenvalue weighted by atomic mass is 16.5. The van der Waals surface area contributed by atoms with Crippen LogP contribution in [0.25, 0.3) is 0 Å². The second kappa shape index (κ2) is 3.77. The van der Waals surface area contributed by atoms with Gasteiger partial charge in [0.2, 0.25) is 0 Å². The molecular formula is C14H21NO. The molecule has 2 nitrogen and oxygen atoms in total. The third-order valence-corrected chi connectivity index (χ3v) is 3.20. The molecule has 0 saturated carbocycles. The van der Waals surface area contributed by atoms with Crippen molar-refractivity contribution in [1.82, 2.24) is 0 Å². The summed E-state index contributed by atoms with van der Waals surface area (Å²) >= 11 is 0. The van der Waals surface area contributed by atoms with E-state index in [4.69, 9.17) is 10.5 Å². The van der Waals surface area contributed by atoms with E-state index in [0.29, 0.717) is 5.92 Å². The molecule has 2 N–H and O–H groups in total. The maximum Gasteiger partial charge on any atom is 0.124 e. The van der Waals surface area contributed by atoms with Crippen molar-refractivity contribution in [2.45, 2.75) is 51.7 Å². The highest BCUT2D eigenvalue weighted by Crippen LogP contribution is 2.39. The van der Waals surface area contributed by atoms with Gasteiger partial charge in [0, 0.05) is 18.0 Å². The first-order valence-electron chi connectivity index (χ1n) is 5.97. The van der Waals surface area contributed by atoms with Gasteiger partial charge in [-0.1, -0.05) is 26.0 Å². The predicted octanol–water partition coefficient (Wildman–Crippen LogP) is 3.37. The molecule has 0 radical (unpaired) electrons. The van der Waals surface area contributed by atoms with Gasteiger partial charge in [0.05, 0.1) is 0 Å². The Bertz CT molecular complexity index is 396. The Balaban J connectivity index is 2.41. The van der Waals surface area contributed by atoms with Crippen molar-refractivity contribution < 1.29 is 4.74 Å². The van der Waals surface area contributed by atoms with E-state index in [1.807, 2.05) is 0 Å². The number of fused-ring (bicyclic) bond motifs is 1. The molecule has 0 bridgehead atoms. The molecule has 2 rings (SSSR count). The van der Waals surface area contributed by atoms with Crippen molar-refractivity contribution in [1.29, 1.82) is 0 Å². The topological polar surface area (TPSA) is 35.2 Å². The van der Waals surface area contributed by atoms with Crippen molar-refractivity contribution in [3.63, 3.8) is 0 Å². The van der Waals surface area contributed by atoms with Crippen molar-refractivity contribution >= 4 is 0 Å². The Morgan fingerprint density at radius 3 is 2.69 bits per heavy atom. The second-order valence-electron chi connectivity index (χ2n) is 5.62. The van der Waals surface area contributed by atoms with Crippen molar-refractivity contribution in [2.24, 2.45) is 5.73 Å². The van der Waals surface area contributed by atoms with E-state index in [1.54, 1.807) is 0 Å². The molecular weight excluding hydrogens is 198 g/mol. The minimum Gasteiger partial charge on any atom is -0.487 e. The highest BCUT2D eigenvalue weighted by Gasteiger charge is 2.31. The Labute approximate surface area is 97.8 Å². The average Bonchev–Trinajstić information content (AvgIpc) is 2.15. The molecule has 1 aromatic carbocycles. The molecule has 1 aromatic rings. The Morgan fingerprint density at radius 2 is 2.06 bits per heavy atom. The predicted molar refractivity (Wildman–Crippen MR) is 66.8 cm³/mol. The van der Waals surface area contributed by atoms with Gasteiger partial charge in [0.1, 0.15) is 11.4 Å². The van der Waals surface area contributed by atoms with Gasteiger partial charge in [-0.25, -0.2) is 0 Å². The monoisotopic (exact) mass is 219 g/mol. The first-order chi connectivity index (χ1) is 7.39. The summed E-state index contributed by atoms with van der Waals surface area (Å²) < 4.78 is 5.94. The fourth-order valence-electron chi connectivity index (χ4n) is 2.29. The fraction of sp³-hybridized carbons (Fsp3) is 0.571. The zero-order valence-electron chi connectivity index (χ0n) is 10.6. The van der Waals surface area contributed by atoms with E-state index in [2.05, 4.69) is 45.9 Å². The van der Waals surface area contributed by atoms with Crippen molar-refractivity contribution in [3.8, 4) is 5.75 Å². The van der Waals surface area contributed by atoms with Crippen LogP contribution in [-0.4, -0.2) is 5.60 Å². The summed E-state index contributed by atoms with van der Waals surface area (Å²) in [6.07, 6.45) is 0.877. The lowest BCUT2D eigenvalue weighted by atomic mass is 9.88. The summed E-state index contributed by atoms with van der Waals surface area (Å²) in [4.78, 5) is 0. The van der Waals surface area contributed by atoms with Gasteiger partial charge >= 0.3 is 0 Å². The van der Waals surface area contributed by atoms with Gasteiger partial charge in [-0.3, -0.25) is 0 Å². The lowest BCUT2D eigenvalue weighted by molar-refractivity contribution is 0.0728. The minimum absolute atomic E-state index is 0.0949. The number of rotatable bonds is 1. The summed E-state index contributed by atoms with van der Waals surface area (Å²) in [5, 5.41) is 0. The van der Waals surface area contributed by atoms with Crippen LogP contribution in [0, 0.1) is 0 Å². The lowest BCUT2D eigenvalue weighted by Gasteiger charge is -2.36. The molecule has 0 saturated heterocycles. The quantitative estimate of drug-likeness (QED) is 0.786. The van der Waals surface area contributed by atoms with Gasteiger partial charge in [-0.15, -0.1) is 0 Å². The number of hydrogen-bond donors (Lipinski definition) is 1. The highest BCUT2D eigenvalue weighted by molar-refractivity contribution is 5.42. The first-order valence-corrected chi connectivity index (χ1v) is 5.97. The molecule has 0 spiro atoms. The van der Waals surface area contributed by atoms with Crippen LogP contribution in [-0.2, 0) is 0 Å². The first kappa shape index (κ1) is 11.5. The van der Waals surface area contributed by atoms with E-state index in [9.17, 15) is 0 Å². The van der Waals surface area contributed by atoms with Crippen LogP contribution < -0.4 is 10.5 Å². The minimum atomic E-state index is -0.147. The van der Waals surface area contributed by atoms with Gasteiger partial charge < -0.3 is 10.5 Å². The van der Waals surface area contributed by atoms with Gasteiger partial charge in [0.15, 0.2) is 0 Å². The maximum atomic E-state index is 6.21. The Kier molecular flexibility index (Phi) is 2.70. The average molecular weight is 219 g/mol. The van der Waals surface area contributed by atoms with Crippen LogP contribution in [0.15, 0.2) is 18.2 Å². The molecule has 1 aliphatic rings. The summed E-state index contributed by atoms with van der Waals surface area (Å²) in [7, 11) is 0. The number of hydrogen-bond acceptors (Lipinski definition) is 2. The maximum absolute atomic E-state index is 6.21. The largest absolute Gasteiger partial charge is 0.487 e. The van der Waals surface area contributed by atoms with Gasteiger partial charge in [-0.2, -0.15) is 0 Å². The molecule has 0 amide bonds. The molecule has 0 aromatic heterocycles. The number of benzene rings is 1. The molecule has 0 aliphatic carbocycles. The fourth-order valence-corrected chi connectivity index (χ4v) is 2.29. The third kappa shape index (κ3) is 2.07. The van der Waals surface area contributed by atoms with Crippen LogP contribution in [0.4, 0.5) is 0 Å². The van der Waals surface area contributed by atoms with Crippen molar-refractivity contribution in [2.75, 3.05) is 0 Å². The van der Waals surface area contributed by atoms with Crippen LogP contribution in [0.2, 0.25) is 0 Å². The Hall–Kier alpha value is -1.02. The zero-order chi connectivity index (χ0) is 11.9. The van der Waals surface area contributed by atoms with E-state index in [-0.39, 0.29) is 11.6 Å². The van der Waals surface area contributed by atoms with Crippen LogP contribution >= 0.6 is 0 Å². The normalized spacial score (nSPS) is 22.8. The van der Waals surface area contributed by atoms with E-state index >= 15 is 0 Å². The number of nitrogens with two attached hydrogens (primary N) is 1. The molecule has 0 fully saturated rings. The zero-order valence-corrected chi connectivity index (χ0v) is 10.6. The molecule has 16 heavy (non-hydrogen) atoms. The van der Waals surface area contributed by atoms with E-state index in [1.165, 1.54) is 5.56 Å². The van der Waals surface area contributed by atoms with Crippen molar-refractivity contribution in [3.05, 3.63) is 29.3 Å². The smallest absolute Gasteiger partial charge is 0.124 e. The molecule has 88 valence electrons. The summed E-state index contributed by atoms with van der Waals surface area (Å²) in [5.74, 6) is 1.49. The van der Waals surface area contributed by atoms with Gasteiger partial charge in [0.25, 0.3) is 0 Å². The molecule has 0 unspecified atom stereocenters. The van der Waals surface area contributed by atoms with E-state index in [0.717, 1.165) is 17.7 Å². The van der Waals surface area contributed by atoms with Crippen LogP contribution in [0.1, 0.15) is 57.2 Å². The second-order valence-corrected chi connectivity index (χ2v) is 5.62. The summed E-state index contributed by atoms with van der Waals surface area (Å²) in [6.45, 7) is 8.57. The van der Waals surface area contributed by atoms with Crippen LogP contribution in [0.3, 0.4) is 0 Å². The summed E-state index contributed by atoms with van der Waals surface area (Å²) in [6, 6.07) is 6.49. The molecule has 2 heteroatoms. The SMILES string of the molecule is CC(C)c1ccc2c(c1)[C@H](N)CC(C)(C)O2. The van der Waals surface area contributed by atoms with Gasteiger partial charge in [-0.05, 0) is 31.4 Å².